The minimum absolute atomic E-state index is 0.164. The fourth-order valence-electron chi connectivity index (χ4n) is 3.77. The van der Waals surface area contributed by atoms with Crippen LogP contribution in [0.15, 0.2) is 54.7 Å². The van der Waals surface area contributed by atoms with Crippen molar-refractivity contribution < 1.29 is 14.7 Å². The van der Waals surface area contributed by atoms with Gasteiger partial charge in [0.2, 0.25) is 5.91 Å². The highest BCUT2D eigenvalue weighted by Crippen LogP contribution is 2.35. The fourth-order valence-corrected chi connectivity index (χ4v) is 3.77. The van der Waals surface area contributed by atoms with E-state index >= 15 is 0 Å². The summed E-state index contributed by atoms with van der Waals surface area (Å²) in [4.78, 5) is 31.1. The zero-order valence-corrected chi connectivity index (χ0v) is 14.9. The lowest BCUT2D eigenvalue weighted by Gasteiger charge is -2.37. The maximum Gasteiger partial charge on any atom is 0.231 e. The third kappa shape index (κ3) is 3.77. The number of carboxylic acid groups (broad SMARTS) is 1. The van der Waals surface area contributed by atoms with Crippen LogP contribution in [0, 0.1) is 11.8 Å². The Hall–Kier alpha value is -2.69. The van der Waals surface area contributed by atoms with E-state index in [1.54, 1.807) is 11.1 Å². The van der Waals surface area contributed by atoms with Crippen molar-refractivity contribution in [1.82, 2.24) is 4.98 Å². The molecule has 0 saturated heterocycles. The van der Waals surface area contributed by atoms with E-state index < -0.39 is 17.8 Å². The second-order valence-electron chi connectivity index (χ2n) is 6.79. The molecular weight excluding hydrogens is 328 g/mol. The number of amides is 1. The Kier molecular flexibility index (Phi) is 5.66. The number of hydrogen-bond donors (Lipinski definition) is 0. The highest BCUT2D eigenvalue weighted by atomic mass is 16.4. The van der Waals surface area contributed by atoms with Crippen molar-refractivity contribution >= 4 is 17.6 Å². The van der Waals surface area contributed by atoms with Gasteiger partial charge in [-0.25, -0.2) is 0 Å². The quantitative estimate of drug-likeness (QED) is 0.830. The SMILES string of the molecule is C[C@@H](c1ccccn1)N(C(=O)[C@@H]1CCCC[C@@H]1C(=O)[O-])c1ccccc1. The van der Waals surface area contributed by atoms with Gasteiger partial charge in [-0.05, 0) is 44.0 Å². The summed E-state index contributed by atoms with van der Waals surface area (Å²) < 4.78 is 0. The summed E-state index contributed by atoms with van der Waals surface area (Å²) in [5.74, 6) is -2.57. The molecule has 1 aromatic heterocycles. The molecule has 26 heavy (non-hydrogen) atoms. The number of aromatic nitrogens is 1. The monoisotopic (exact) mass is 351 g/mol. The van der Waals surface area contributed by atoms with E-state index in [-0.39, 0.29) is 11.9 Å². The molecule has 1 fully saturated rings. The van der Waals surface area contributed by atoms with Crippen molar-refractivity contribution in [2.24, 2.45) is 11.8 Å². The number of carbonyl (C=O) groups is 2. The molecule has 5 nitrogen and oxygen atoms in total. The lowest BCUT2D eigenvalue weighted by atomic mass is 9.78. The molecule has 2 aromatic rings. The van der Waals surface area contributed by atoms with E-state index in [2.05, 4.69) is 4.98 Å². The first kappa shape index (κ1) is 18.1. The molecule has 0 aliphatic heterocycles. The Morgan fingerprint density at radius 2 is 1.69 bits per heavy atom. The lowest BCUT2D eigenvalue weighted by Crippen LogP contribution is -2.47. The van der Waals surface area contributed by atoms with Crippen molar-refractivity contribution in [3.8, 4) is 0 Å². The molecule has 3 rings (SSSR count). The maximum atomic E-state index is 13.4. The molecule has 0 radical (unpaired) electrons. The molecule has 0 bridgehead atoms. The first-order valence-corrected chi connectivity index (χ1v) is 9.09. The van der Waals surface area contributed by atoms with Gasteiger partial charge >= 0.3 is 0 Å². The van der Waals surface area contributed by atoms with Crippen LogP contribution in [0.1, 0.15) is 44.3 Å². The van der Waals surface area contributed by atoms with Crippen molar-refractivity contribution in [3.05, 3.63) is 60.4 Å². The minimum Gasteiger partial charge on any atom is -0.550 e. The Balaban J connectivity index is 1.97. The molecule has 1 amide bonds. The van der Waals surface area contributed by atoms with Gasteiger partial charge in [-0.3, -0.25) is 9.78 Å². The zero-order valence-electron chi connectivity index (χ0n) is 14.9. The van der Waals surface area contributed by atoms with Crippen LogP contribution in [0.5, 0.6) is 0 Å². The first-order valence-electron chi connectivity index (χ1n) is 9.09. The molecule has 0 N–H and O–H groups in total. The molecule has 5 heteroatoms. The number of hydrogen-bond acceptors (Lipinski definition) is 4. The Bertz CT molecular complexity index is 748. The van der Waals surface area contributed by atoms with E-state index in [0.29, 0.717) is 12.8 Å². The van der Waals surface area contributed by atoms with Crippen LogP contribution in [0.4, 0.5) is 5.69 Å². The summed E-state index contributed by atoms with van der Waals surface area (Å²) in [6, 6.07) is 14.7. The average molecular weight is 351 g/mol. The van der Waals surface area contributed by atoms with Crippen LogP contribution in [-0.2, 0) is 9.59 Å². The van der Waals surface area contributed by atoms with Crippen LogP contribution in [0.3, 0.4) is 0 Å². The number of benzene rings is 1. The summed E-state index contributed by atoms with van der Waals surface area (Å²) in [6.45, 7) is 1.92. The number of anilines is 1. The Morgan fingerprint density at radius 1 is 1.04 bits per heavy atom. The average Bonchev–Trinajstić information content (AvgIpc) is 2.69. The van der Waals surface area contributed by atoms with Crippen molar-refractivity contribution in [1.29, 1.82) is 0 Å². The van der Waals surface area contributed by atoms with Crippen LogP contribution in [0.25, 0.3) is 0 Å². The smallest absolute Gasteiger partial charge is 0.231 e. The van der Waals surface area contributed by atoms with Crippen LogP contribution < -0.4 is 10.0 Å². The zero-order chi connectivity index (χ0) is 18.5. The van der Waals surface area contributed by atoms with Crippen LogP contribution in [-0.4, -0.2) is 16.9 Å². The van der Waals surface area contributed by atoms with Gasteiger partial charge in [-0.15, -0.1) is 0 Å². The third-order valence-electron chi connectivity index (χ3n) is 5.16. The molecule has 1 aliphatic rings. The number of carbonyl (C=O) groups excluding carboxylic acids is 2. The first-order chi connectivity index (χ1) is 12.6. The summed E-state index contributed by atoms with van der Waals surface area (Å²) in [5, 5.41) is 11.6. The van der Waals surface area contributed by atoms with Gasteiger partial charge in [0.25, 0.3) is 0 Å². The number of para-hydroxylation sites is 1. The predicted molar refractivity (Wildman–Crippen MR) is 97.0 cm³/mol. The number of carboxylic acids is 1. The van der Waals surface area contributed by atoms with Gasteiger partial charge in [-0.1, -0.05) is 37.1 Å². The lowest BCUT2D eigenvalue weighted by molar-refractivity contribution is -0.313. The number of aliphatic carboxylic acids is 1. The van der Waals surface area contributed by atoms with Crippen molar-refractivity contribution in [2.45, 2.75) is 38.6 Å². The fraction of sp³-hybridized carbons (Fsp3) is 0.381. The minimum atomic E-state index is -1.12. The van der Waals surface area contributed by atoms with Gasteiger partial charge in [0.05, 0.1) is 11.7 Å². The third-order valence-corrected chi connectivity index (χ3v) is 5.16. The second-order valence-corrected chi connectivity index (χ2v) is 6.79. The predicted octanol–water partition coefficient (Wildman–Crippen LogP) is 2.73. The Labute approximate surface area is 153 Å². The van der Waals surface area contributed by atoms with E-state index in [1.807, 2.05) is 55.5 Å². The molecule has 136 valence electrons. The molecule has 0 unspecified atom stereocenters. The topological polar surface area (TPSA) is 73.3 Å². The molecule has 1 saturated carbocycles. The van der Waals surface area contributed by atoms with Gasteiger partial charge in [0, 0.05) is 29.7 Å². The number of pyridine rings is 1. The molecule has 1 aromatic carbocycles. The number of nitrogens with zero attached hydrogens (tertiary/aromatic N) is 2. The van der Waals surface area contributed by atoms with Crippen LogP contribution >= 0.6 is 0 Å². The van der Waals surface area contributed by atoms with E-state index in [4.69, 9.17) is 0 Å². The van der Waals surface area contributed by atoms with Crippen molar-refractivity contribution in [2.75, 3.05) is 4.90 Å². The van der Waals surface area contributed by atoms with Gasteiger partial charge in [0.1, 0.15) is 0 Å². The number of rotatable bonds is 5. The standard InChI is InChI=1S/C21H24N2O3/c1-15(19-13-7-8-14-22-19)23(16-9-3-2-4-10-16)20(24)17-11-5-6-12-18(17)21(25)26/h2-4,7-10,13-15,17-18H,5-6,11-12H2,1H3,(H,25,26)/p-1/t15-,17+,18-/m0/s1. The van der Waals surface area contributed by atoms with E-state index in [1.165, 1.54) is 0 Å². The molecule has 3 atom stereocenters. The molecule has 0 spiro atoms. The highest BCUT2D eigenvalue weighted by Gasteiger charge is 2.37. The largest absolute Gasteiger partial charge is 0.550 e. The summed E-state index contributed by atoms with van der Waals surface area (Å²) in [5.41, 5.74) is 1.52. The van der Waals surface area contributed by atoms with E-state index in [0.717, 1.165) is 24.2 Å². The van der Waals surface area contributed by atoms with Gasteiger partial charge in [-0.2, -0.15) is 0 Å². The second kappa shape index (κ2) is 8.13. The van der Waals surface area contributed by atoms with Crippen LogP contribution in [0.2, 0.25) is 0 Å². The summed E-state index contributed by atoms with van der Waals surface area (Å²) >= 11 is 0. The van der Waals surface area contributed by atoms with Crippen molar-refractivity contribution in [3.63, 3.8) is 0 Å². The molecule has 1 heterocycles. The van der Waals surface area contributed by atoms with E-state index in [9.17, 15) is 14.7 Å². The highest BCUT2D eigenvalue weighted by molar-refractivity contribution is 5.97. The summed E-state index contributed by atoms with van der Waals surface area (Å²) in [7, 11) is 0. The Morgan fingerprint density at radius 3 is 2.31 bits per heavy atom. The van der Waals surface area contributed by atoms with Gasteiger partial charge in [0.15, 0.2) is 0 Å². The maximum absolute atomic E-state index is 13.4. The molecule has 1 aliphatic carbocycles. The summed E-state index contributed by atoms with van der Waals surface area (Å²) in [6.07, 6.45) is 4.46. The molecular formula is C21H23N2O3-. The normalized spacial score (nSPS) is 21.0. The van der Waals surface area contributed by atoms with Gasteiger partial charge < -0.3 is 14.8 Å².